The van der Waals surface area contributed by atoms with Crippen LogP contribution in [0, 0.1) is 5.92 Å². The summed E-state index contributed by atoms with van der Waals surface area (Å²) in [5.41, 5.74) is 1.28. The van der Waals surface area contributed by atoms with Crippen molar-refractivity contribution >= 4 is 30.7 Å². The van der Waals surface area contributed by atoms with E-state index in [1.54, 1.807) is 6.20 Å². The summed E-state index contributed by atoms with van der Waals surface area (Å²) in [5.74, 6) is 0.699. The van der Waals surface area contributed by atoms with Crippen molar-refractivity contribution in [1.82, 2.24) is 14.6 Å². The minimum Gasteiger partial charge on any atom is -0.361 e. The molecule has 0 bridgehead atoms. The molecular formula is C22H35N4O2PS. The highest BCUT2D eigenvalue weighted by Crippen LogP contribution is 2.50. The van der Waals surface area contributed by atoms with Crippen LogP contribution in [0.1, 0.15) is 64.7 Å². The number of nitrogens with one attached hydrogen (secondary N) is 1. The first kappa shape index (κ1) is 22.2. The summed E-state index contributed by atoms with van der Waals surface area (Å²) >= 11 is 1.48. The SMILES string of the molecule is CCC/C=C1\C2CCP(O)N2CCN1C(CC1CCCCC1)C(=O)Nc1nccs1. The number of fused-ring (bicyclic) bond motifs is 1. The van der Waals surface area contributed by atoms with E-state index in [-0.39, 0.29) is 18.0 Å². The van der Waals surface area contributed by atoms with Gasteiger partial charge in [-0.25, -0.2) is 9.65 Å². The van der Waals surface area contributed by atoms with E-state index in [0.29, 0.717) is 11.0 Å². The van der Waals surface area contributed by atoms with Gasteiger partial charge >= 0.3 is 0 Å². The van der Waals surface area contributed by atoms with E-state index in [1.807, 2.05) is 5.38 Å². The van der Waals surface area contributed by atoms with Gasteiger partial charge in [-0.1, -0.05) is 51.5 Å². The molecule has 30 heavy (non-hydrogen) atoms. The third-order valence-corrected chi connectivity index (χ3v) is 9.19. The van der Waals surface area contributed by atoms with Crippen LogP contribution >= 0.6 is 19.6 Å². The fourth-order valence-corrected chi connectivity index (χ4v) is 7.39. The van der Waals surface area contributed by atoms with Crippen molar-refractivity contribution in [2.75, 3.05) is 24.6 Å². The van der Waals surface area contributed by atoms with Crippen LogP contribution in [-0.2, 0) is 4.79 Å². The number of rotatable bonds is 7. The lowest BCUT2D eigenvalue weighted by Crippen LogP contribution is -2.54. The minimum absolute atomic E-state index is 0.0793. The van der Waals surface area contributed by atoms with Crippen LogP contribution in [0.25, 0.3) is 0 Å². The molecule has 3 fully saturated rings. The molecule has 3 atom stereocenters. The number of aromatic nitrogens is 1. The Labute approximate surface area is 185 Å². The highest BCUT2D eigenvalue weighted by molar-refractivity contribution is 7.49. The first-order valence-corrected chi connectivity index (χ1v) is 13.9. The van der Waals surface area contributed by atoms with Gasteiger partial charge in [0.2, 0.25) is 5.91 Å². The van der Waals surface area contributed by atoms with Crippen LogP contribution in [0.4, 0.5) is 5.13 Å². The molecule has 3 heterocycles. The normalized spacial score (nSPS) is 27.9. The summed E-state index contributed by atoms with van der Waals surface area (Å²) in [6.07, 6.45) is 15.4. The molecule has 3 aliphatic rings. The van der Waals surface area contributed by atoms with Gasteiger partial charge in [-0.05, 0) is 25.2 Å². The summed E-state index contributed by atoms with van der Waals surface area (Å²) in [6.45, 7) is 3.86. The number of carbonyl (C=O) groups is 1. The number of hydrogen-bond acceptors (Lipinski definition) is 6. The van der Waals surface area contributed by atoms with Crippen molar-refractivity contribution in [2.45, 2.75) is 76.8 Å². The lowest BCUT2D eigenvalue weighted by molar-refractivity contribution is -0.121. The Morgan fingerprint density at radius 3 is 2.93 bits per heavy atom. The smallest absolute Gasteiger partial charge is 0.248 e. The van der Waals surface area contributed by atoms with E-state index >= 15 is 0 Å². The molecular weight excluding hydrogens is 415 g/mol. The lowest BCUT2D eigenvalue weighted by atomic mass is 9.83. The first-order chi connectivity index (χ1) is 14.7. The molecule has 3 unspecified atom stereocenters. The zero-order valence-corrected chi connectivity index (χ0v) is 19.7. The number of thiazole rings is 1. The van der Waals surface area contributed by atoms with E-state index in [1.165, 1.54) is 49.1 Å². The number of amides is 1. The molecule has 0 spiro atoms. The molecule has 2 aliphatic heterocycles. The van der Waals surface area contributed by atoms with Crippen molar-refractivity contribution in [3.05, 3.63) is 23.3 Å². The van der Waals surface area contributed by atoms with Crippen LogP contribution in [0.3, 0.4) is 0 Å². The Morgan fingerprint density at radius 1 is 1.37 bits per heavy atom. The molecule has 1 saturated carbocycles. The van der Waals surface area contributed by atoms with Gasteiger partial charge in [-0.2, -0.15) is 0 Å². The number of carbonyl (C=O) groups excluding carboxylic acids is 1. The average molecular weight is 451 g/mol. The van der Waals surface area contributed by atoms with E-state index in [2.05, 4.69) is 32.9 Å². The number of anilines is 1. The van der Waals surface area contributed by atoms with Crippen molar-refractivity contribution in [3.63, 3.8) is 0 Å². The maximum absolute atomic E-state index is 13.5. The Balaban J connectivity index is 1.58. The maximum atomic E-state index is 13.5. The van der Waals surface area contributed by atoms with Crippen LogP contribution in [0.15, 0.2) is 23.3 Å². The summed E-state index contributed by atoms with van der Waals surface area (Å²) in [7, 11) is -1.01. The largest absolute Gasteiger partial charge is 0.361 e. The van der Waals surface area contributed by atoms with Gasteiger partial charge in [0.05, 0.1) is 6.04 Å². The van der Waals surface area contributed by atoms with Gasteiger partial charge in [0.1, 0.15) is 14.3 Å². The number of hydrogen-bond donors (Lipinski definition) is 2. The summed E-state index contributed by atoms with van der Waals surface area (Å²) in [6, 6.07) is 0.107. The first-order valence-electron chi connectivity index (χ1n) is 11.6. The summed E-state index contributed by atoms with van der Waals surface area (Å²) in [4.78, 5) is 30.6. The molecule has 1 aliphatic carbocycles. The summed E-state index contributed by atoms with van der Waals surface area (Å²) in [5, 5.41) is 5.68. The second-order valence-electron chi connectivity index (χ2n) is 8.76. The predicted molar refractivity (Wildman–Crippen MR) is 125 cm³/mol. The number of piperazine rings is 1. The van der Waals surface area contributed by atoms with Gasteiger partial charge in [0.15, 0.2) is 5.13 Å². The zero-order chi connectivity index (χ0) is 20.9. The second-order valence-corrected chi connectivity index (χ2v) is 11.4. The van der Waals surface area contributed by atoms with Crippen LogP contribution in [0.2, 0.25) is 0 Å². The number of unbranched alkanes of at least 4 members (excludes halogenated alkanes) is 1. The minimum atomic E-state index is -1.01. The second kappa shape index (κ2) is 10.5. The fourth-order valence-electron chi connectivity index (χ4n) is 5.25. The Kier molecular flexibility index (Phi) is 7.79. The van der Waals surface area contributed by atoms with Crippen LogP contribution in [-0.4, -0.2) is 56.7 Å². The molecule has 0 radical (unpaired) electrons. The molecule has 1 amide bonds. The van der Waals surface area contributed by atoms with Gasteiger partial charge in [-0.3, -0.25) is 4.79 Å². The van der Waals surface area contributed by atoms with E-state index in [4.69, 9.17) is 0 Å². The van der Waals surface area contributed by atoms with Crippen molar-refractivity contribution < 1.29 is 9.69 Å². The standard InChI is InChI=1S/C22H35N4O2PS/c1-2-3-9-18-19-10-14-29(28)26(19)13-12-25(18)20(16-17-7-5-4-6-8-17)21(27)24-22-23-11-15-30-22/h9,11,15,17,19-20,28H,2-8,10,12-14,16H2,1H3,(H,23,24,27)/b18-9+. The van der Waals surface area contributed by atoms with E-state index in [0.717, 1.165) is 44.9 Å². The predicted octanol–water partition coefficient (Wildman–Crippen LogP) is 4.80. The molecule has 2 saturated heterocycles. The quantitative estimate of drug-likeness (QED) is 0.584. The third kappa shape index (κ3) is 5.07. The molecule has 0 aromatic carbocycles. The summed E-state index contributed by atoms with van der Waals surface area (Å²) < 4.78 is 2.30. The van der Waals surface area contributed by atoms with Crippen LogP contribution in [0.5, 0.6) is 0 Å². The average Bonchev–Trinajstić information content (AvgIpc) is 3.41. The lowest BCUT2D eigenvalue weighted by Gasteiger charge is -2.46. The van der Waals surface area contributed by atoms with Gasteiger partial charge in [0.25, 0.3) is 0 Å². The van der Waals surface area contributed by atoms with E-state index < -0.39 is 8.30 Å². The van der Waals surface area contributed by atoms with Gasteiger partial charge < -0.3 is 15.1 Å². The topological polar surface area (TPSA) is 68.7 Å². The fraction of sp³-hybridized carbons (Fsp3) is 0.727. The van der Waals surface area contributed by atoms with Gasteiger partial charge in [0, 0.05) is 36.5 Å². The molecule has 1 aromatic rings. The van der Waals surface area contributed by atoms with Crippen LogP contribution < -0.4 is 5.32 Å². The van der Waals surface area contributed by atoms with Crippen molar-refractivity contribution in [1.29, 1.82) is 0 Å². The highest BCUT2D eigenvalue weighted by atomic mass is 32.1. The third-order valence-electron chi connectivity index (χ3n) is 6.77. The molecule has 4 rings (SSSR count). The molecule has 6 nitrogen and oxygen atoms in total. The van der Waals surface area contributed by atoms with E-state index in [9.17, 15) is 9.69 Å². The molecule has 1 aromatic heterocycles. The maximum Gasteiger partial charge on any atom is 0.248 e. The van der Waals surface area contributed by atoms with Gasteiger partial charge in [-0.15, -0.1) is 11.3 Å². The number of allylic oxidation sites excluding steroid dienone is 1. The van der Waals surface area contributed by atoms with Crippen molar-refractivity contribution in [2.24, 2.45) is 5.92 Å². The molecule has 166 valence electrons. The monoisotopic (exact) mass is 450 g/mol. The Hall–Kier alpha value is -1.01. The Morgan fingerprint density at radius 2 is 2.20 bits per heavy atom. The Bertz CT molecular complexity index is 723. The number of nitrogens with zero attached hydrogens (tertiary/aromatic N) is 3. The highest BCUT2D eigenvalue weighted by Gasteiger charge is 2.43. The van der Waals surface area contributed by atoms with Crippen molar-refractivity contribution in [3.8, 4) is 0 Å². The zero-order valence-electron chi connectivity index (χ0n) is 18.0. The molecule has 8 heteroatoms. The molecule has 2 N–H and O–H groups in total.